The van der Waals surface area contributed by atoms with Crippen molar-refractivity contribution < 1.29 is 9.18 Å². The molecule has 1 amide bonds. The highest BCUT2D eigenvalue weighted by atomic mass is 19.1. The maximum absolute atomic E-state index is 13.8. The second kappa shape index (κ2) is 8.73. The van der Waals surface area contributed by atoms with E-state index in [2.05, 4.69) is 23.3 Å². The van der Waals surface area contributed by atoms with Gasteiger partial charge in [-0.15, -0.1) is 0 Å². The number of carbonyl (C=O) groups is 1. The molecule has 4 heteroatoms. The van der Waals surface area contributed by atoms with Crippen molar-refractivity contribution >= 4 is 16.8 Å². The fraction of sp³-hybridized carbons (Fsp3) is 0.360. The van der Waals surface area contributed by atoms with Gasteiger partial charge in [0.2, 0.25) is 0 Å². The van der Waals surface area contributed by atoms with E-state index in [1.54, 1.807) is 12.1 Å². The Morgan fingerprint density at radius 2 is 1.86 bits per heavy atom. The molecule has 0 aliphatic heterocycles. The van der Waals surface area contributed by atoms with Crippen molar-refractivity contribution in [2.75, 3.05) is 6.54 Å². The van der Waals surface area contributed by atoms with Crippen LogP contribution in [-0.4, -0.2) is 17.4 Å². The molecule has 0 bridgehead atoms. The predicted octanol–water partition coefficient (Wildman–Crippen LogP) is 5.71. The Bertz CT molecular complexity index is 981. The van der Waals surface area contributed by atoms with Gasteiger partial charge in [0.1, 0.15) is 5.82 Å². The fourth-order valence-corrected chi connectivity index (χ4v) is 4.61. The smallest absolute Gasteiger partial charge is 0.251 e. The van der Waals surface area contributed by atoms with E-state index in [0.29, 0.717) is 29.9 Å². The summed E-state index contributed by atoms with van der Waals surface area (Å²) in [6.45, 7) is 2.93. The number of nitrogens with one attached hydrogen (secondary N) is 1. The van der Waals surface area contributed by atoms with E-state index in [1.807, 2.05) is 36.5 Å². The first kappa shape index (κ1) is 19.6. The van der Waals surface area contributed by atoms with Crippen LogP contribution in [0.3, 0.4) is 0 Å². The lowest BCUT2D eigenvalue weighted by Gasteiger charge is -2.33. The SMILES string of the molecule is C[C@@H](CNC(=O)c1ccccc1)C1CCC(c2ccnc3ccc(F)cc23)CC1. The van der Waals surface area contributed by atoms with Gasteiger partial charge in [0.15, 0.2) is 0 Å². The van der Waals surface area contributed by atoms with Crippen LogP contribution in [0, 0.1) is 17.7 Å². The van der Waals surface area contributed by atoms with Gasteiger partial charge in [-0.05, 0) is 85.4 Å². The molecule has 4 rings (SSSR count). The molecule has 1 N–H and O–H groups in total. The van der Waals surface area contributed by atoms with E-state index in [4.69, 9.17) is 0 Å². The number of hydrogen-bond donors (Lipinski definition) is 1. The maximum Gasteiger partial charge on any atom is 0.251 e. The zero-order chi connectivity index (χ0) is 20.2. The molecule has 29 heavy (non-hydrogen) atoms. The molecule has 2 aromatic carbocycles. The molecule has 0 spiro atoms. The van der Waals surface area contributed by atoms with Crippen LogP contribution in [0.25, 0.3) is 10.9 Å². The van der Waals surface area contributed by atoms with Crippen LogP contribution in [0.1, 0.15) is 54.4 Å². The number of pyridine rings is 1. The van der Waals surface area contributed by atoms with Gasteiger partial charge in [0, 0.05) is 23.7 Å². The van der Waals surface area contributed by atoms with Crippen LogP contribution in [-0.2, 0) is 0 Å². The van der Waals surface area contributed by atoms with Gasteiger partial charge in [-0.3, -0.25) is 9.78 Å². The largest absolute Gasteiger partial charge is 0.352 e. The summed E-state index contributed by atoms with van der Waals surface area (Å²) in [5.74, 6) is 1.28. The number of amides is 1. The predicted molar refractivity (Wildman–Crippen MR) is 114 cm³/mol. The second-order valence-corrected chi connectivity index (χ2v) is 8.23. The third-order valence-electron chi connectivity index (χ3n) is 6.37. The molecule has 1 aliphatic carbocycles. The highest BCUT2D eigenvalue weighted by Crippen LogP contribution is 2.40. The lowest BCUT2D eigenvalue weighted by molar-refractivity contribution is 0.0939. The molecular weight excluding hydrogens is 363 g/mol. The highest BCUT2D eigenvalue weighted by molar-refractivity contribution is 5.94. The van der Waals surface area contributed by atoms with Crippen LogP contribution >= 0.6 is 0 Å². The Labute approximate surface area is 171 Å². The summed E-state index contributed by atoms with van der Waals surface area (Å²) in [7, 11) is 0. The van der Waals surface area contributed by atoms with Crippen molar-refractivity contribution in [2.24, 2.45) is 11.8 Å². The van der Waals surface area contributed by atoms with Gasteiger partial charge in [0.05, 0.1) is 5.52 Å². The van der Waals surface area contributed by atoms with Gasteiger partial charge in [0.25, 0.3) is 5.91 Å². The van der Waals surface area contributed by atoms with Crippen molar-refractivity contribution in [3.8, 4) is 0 Å². The number of fused-ring (bicyclic) bond motifs is 1. The van der Waals surface area contributed by atoms with Crippen molar-refractivity contribution in [3.05, 3.63) is 77.7 Å². The zero-order valence-corrected chi connectivity index (χ0v) is 16.8. The number of aromatic nitrogens is 1. The van der Waals surface area contributed by atoms with Gasteiger partial charge in [-0.2, -0.15) is 0 Å². The van der Waals surface area contributed by atoms with Crippen molar-refractivity contribution in [1.29, 1.82) is 0 Å². The lowest BCUT2D eigenvalue weighted by atomic mass is 9.74. The normalized spacial score (nSPS) is 20.3. The van der Waals surface area contributed by atoms with E-state index in [1.165, 1.54) is 11.6 Å². The zero-order valence-electron chi connectivity index (χ0n) is 16.8. The Balaban J connectivity index is 1.35. The summed E-state index contributed by atoms with van der Waals surface area (Å²) < 4.78 is 13.8. The molecule has 1 fully saturated rings. The molecule has 1 aromatic heterocycles. The quantitative estimate of drug-likeness (QED) is 0.606. The van der Waals surface area contributed by atoms with Crippen LogP contribution < -0.4 is 5.32 Å². The van der Waals surface area contributed by atoms with E-state index in [-0.39, 0.29) is 11.7 Å². The number of halogens is 1. The lowest BCUT2D eigenvalue weighted by Crippen LogP contribution is -2.32. The Hall–Kier alpha value is -2.75. The summed E-state index contributed by atoms with van der Waals surface area (Å²) in [6, 6.07) is 16.3. The summed E-state index contributed by atoms with van der Waals surface area (Å²) in [5, 5.41) is 4.02. The summed E-state index contributed by atoms with van der Waals surface area (Å²) in [4.78, 5) is 16.7. The number of benzene rings is 2. The van der Waals surface area contributed by atoms with E-state index in [9.17, 15) is 9.18 Å². The molecule has 3 nitrogen and oxygen atoms in total. The van der Waals surface area contributed by atoms with Crippen LogP contribution in [0.4, 0.5) is 4.39 Å². The van der Waals surface area contributed by atoms with E-state index >= 15 is 0 Å². The molecular formula is C25H27FN2O. The summed E-state index contributed by atoms with van der Waals surface area (Å²) in [5.41, 5.74) is 2.79. The maximum atomic E-state index is 13.8. The number of rotatable bonds is 5. The van der Waals surface area contributed by atoms with Crippen LogP contribution in [0.15, 0.2) is 60.8 Å². The Morgan fingerprint density at radius 1 is 1.10 bits per heavy atom. The first-order valence-electron chi connectivity index (χ1n) is 10.5. The van der Waals surface area contributed by atoms with Gasteiger partial charge in [-0.1, -0.05) is 25.1 Å². The molecule has 1 saturated carbocycles. The van der Waals surface area contributed by atoms with Crippen molar-refractivity contribution in [2.45, 2.75) is 38.5 Å². The standard InChI is InChI=1S/C25H27FN2O/c1-17(16-28-25(29)20-5-3-2-4-6-20)18-7-9-19(10-8-18)22-13-14-27-24-12-11-21(26)15-23(22)24/h2-6,11-15,17-19H,7-10,16H2,1H3,(H,28,29)/t17-,18?,19?/m0/s1. The first-order chi connectivity index (χ1) is 14.1. The highest BCUT2D eigenvalue weighted by Gasteiger charge is 2.27. The third kappa shape index (κ3) is 4.47. The fourth-order valence-electron chi connectivity index (χ4n) is 4.61. The molecule has 3 aromatic rings. The van der Waals surface area contributed by atoms with Crippen LogP contribution in [0.5, 0.6) is 0 Å². The number of carbonyl (C=O) groups excluding carboxylic acids is 1. The molecule has 150 valence electrons. The molecule has 0 unspecified atom stereocenters. The average Bonchev–Trinajstić information content (AvgIpc) is 2.77. The van der Waals surface area contributed by atoms with Crippen LogP contribution in [0.2, 0.25) is 0 Å². The molecule has 0 radical (unpaired) electrons. The molecule has 1 aliphatic rings. The van der Waals surface area contributed by atoms with E-state index < -0.39 is 0 Å². The minimum atomic E-state index is -0.205. The molecule has 0 saturated heterocycles. The Morgan fingerprint density at radius 3 is 2.62 bits per heavy atom. The number of nitrogens with zero attached hydrogens (tertiary/aromatic N) is 1. The average molecular weight is 391 g/mol. The summed E-state index contributed by atoms with van der Waals surface area (Å²) >= 11 is 0. The van der Waals surface area contributed by atoms with E-state index in [0.717, 1.165) is 36.6 Å². The minimum Gasteiger partial charge on any atom is -0.352 e. The topological polar surface area (TPSA) is 42.0 Å². The minimum absolute atomic E-state index is 0.00332. The first-order valence-corrected chi connectivity index (χ1v) is 10.5. The monoisotopic (exact) mass is 390 g/mol. The van der Waals surface area contributed by atoms with Gasteiger partial charge >= 0.3 is 0 Å². The van der Waals surface area contributed by atoms with Gasteiger partial charge < -0.3 is 5.32 Å². The van der Waals surface area contributed by atoms with Gasteiger partial charge in [-0.25, -0.2) is 4.39 Å². The molecule has 1 heterocycles. The Kier molecular flexibility index (Phi) is 5.89. The summed E-state index contributed by atoms with van der Waals surface area (Å²) in [6.07, 6.45) is 6.29. The molecule has 1 atom stereocenters. The van der Waals surface area contributed by atoms with Crippen molar-refractivity contribution in [1.82, 2.24) is 10.3 Å². The number of hydrogen-bond acceptors (Lipinski definition) is 2. The third-order valence-corrected chi connectivity index (χ3v) is 6.37. The second-order valence-electron chi connectivity index (χ2n) is 8.23. The van der Waals surface area contributed by atoms with Crippen molar-refractivity contribution in [3.63, 3.8) is 0 Å².